The standard InChI is InChI=1S/C23H39N7.HI/c1-24-22(29-18-16-28(17-19-29)21-8-4-5-11-25-21)26-20-23(9-14-27(2)15-10-23)30-12-6-3-7-13-30;/h4-5,8,11H,3,6-7,9-10,12-20H2,1-2H3,(H,24,26);1H. The van der Waals surface area contributed by atoms with Gasteiger partial charge in [0, 0.05) is 51.5 Å². The zero-order valence-corrected chi connectivity index (χ0v) is 21.6. The highest BCUT2D eigenvalue weighted by atomic mass is 127. The molecule has 0 radical (unpaired) electrons. The summed E-state index contributed by atoms with van der Waals surface area (Å²) < 4.78 is 0. The molecule has 174 valence electrons. The first-order valence-electron chi connectivity index (χ1n) is 11.8. The van der Waals surface area contributed by atoms with E-state index in [9.17, 15) is 0 Å². The Morgan fingerprint density at radius 2 is 1.71 bits per heavy atom. The number of piperidine rings is 2. The molecule has 3 aliphatic heterocycles. The maximum absolute atomic E-state index is 4.65. The number of anilines is 1. The van der Waals surface area contributed by atoms with E-state index in [0.29, 0.717) is 0 Å². The Labute approximate surface area is 205 Å². The molecule has 8 heteroatoms. The van der Waals surface area contributed by atoms with Crippen LogP contribution in [-0.2, 0) is 0 Å². The molecule has 0 spiro atoms. The maximum Gasteiger partial charge on any atom is 0.193 e. The number of likely N-dealkylation sites (tertiary alicyclic amines) is 2. The van der Waals surface area contributed by atoms with Crippen LogP contribution in [0.25, 0.3) is 0 Å². The van der Waals surface area contributed by atoms with E-state index in [4.69, 9.17) is 0 Å². The maximum atomic E-state index is 4.65. The Morgan fingerprint density at radius 3 is 2.32 bits per heavy atom. The second kappa shape index (κ2) is 11.7. The van der Waals surface area contributed by atoms with Gasteiger partial charge in [0.2, 0.25) is 0 Å². The molecule has 7 nitrogen and oxygen atoms in total. The number of guanidine groups is 1. The third-order valence-corrected chi connectivity index (χ3v) is 7.28. The molecule has 4 heterocycles. The fraction of sp³-hybridized carbons (Fsp3) is 0.739. The van der Waals surface area contributed by atoms with Gasteiger partial charge in [0.05, 0.1) is 0 Å². The highest BCUT2D eigenvalue weighted by molar-refractivity contribution is 14.0. The Morgan fingerprint density at radius 1 is 1.00 bits per heavy atom. The third kappa shape index (κ3) is 6.01. The number of aromatic nitrogens is 1. The van der Waals surface area contributed by atoms with Crippen LogP contribution in [0.5, 0.6) is 0 Å². The lowest BCUT2D eigenvalue weighted by atomic mass is 9.84. The van der Waals surface area contributed by atoms with Crippen LogP contribution in [0.3, 0.4) is 0 Å². The summed E-state index contributed by atoms with van der Waals surface area (Å²) in [6.45, 7) is 9.84. The van der Waals surface area contributed by atoms with E-state index in [0.717, 1.165) is 44.5 Å². The number of piperazine rings is 1. The van der Waals surface area contributed by atoms with E-state index in [1.165, 1.54) is 58.3 Å². The molecule has 0 aromatic carbocycles. The molecule has 0 atom stereocenters. The summed E-state index contributed by atoms with van der Waals surface area (Å²) in [5, 5.41) is 3.80. The van der Waals surface area contributed by atoms with Gasteiger partial charge in [0.1, 0.15) is 5.82 Å². The zero-order chi connectivity index (χ0) is 20.8. The number of hydrogen-bond acceptors (Lipinski definition) is 5. The van der Waals surface area contributed by atoms with Crippen molar-refractivity contribution >= 4 is 35.8 Å². The quantitative estimate of drug-likeness (QED) is 0.359. The van der Waals surface area contributed by atoms with E-state index >= 15 is 0 Å². The van der Waals surface area contributed by atoms with Crippen LogP contribution in [0.2, 0.25) is 0 Å². The first kappa shape index (κ1) is 24.5. The predicted octanol–water partition coefficient (Wildman–Crippen LogP) is 2.35. The van der Waals surface area contributed by atoms with E-state index in [1.807, 2.05) is 19.3 Å². The molecule has 31 heavy (non-hydrogen) atoms. The summed E-state index contributed by atoms with van der Waals surface area (Å²) in [7, 11) is 4.18. The minimum atomic E-state index is 0. The molecular weight excluding hydrogens is 501 g/mol. The van der Waals surface area contributed by atoms with Crippen molar-refractivity contribution in [2.24, 2.45) is 4.99 Å². The van der Waals surface area contributed by atoms with Gasteiger partial charge in [-0.2, -0.15) is 0 Å². The van der Waals surface area contributed by atoms with Crippen LogP contribution in [0, 0.1) is 0 Å². The summed E-state index contributed by atoms with van der Waals surface area (Å²) in [5.74, 6) is 2.14. The first-order valence-corrected chi connectivity index (χ1v) is 11.8. The van der Waals surface area contributed by atoms with Gasteiger partial charge in [-0.05, 0) is 71.0 Å². The lowest BCUT2D eigenvalue weighted by Crippen LogP contribution is -2.63. The van der Waals surface area contributed by atoms with Crippen LogP contribution < -0.4 is 10.2 Å². The van der Waals surface area contributed by atoms with Gasteiger partial charge in [-0.1, -0.05) is 12.5 Å². The van der Waals surface area contributed by atoms with Crippen molar-refractivity contribution in [3.8, 4) is 0 Å². The van der Waals surface area contributed by atoms with Gasteiger partial charge < -0.3 is 20.0 Å². The summed E-state index contributed by atoms with van der Waals surface area (Å²) in [4.78, 5) is 19.2. The topological polar surface area (TPSA) is 50.2 Å². The van der Waals surface area contributed by atoms with Crippen molar-refractivity contribution in [1.29, 1.82) is 0 Å². The minimum Gasteiger partial charge on any atom is -0.354 e. The molecule has 3 aliphatic rings. The van der Waals surface area contributed by atoms with Crippen molar-refractivity contribution in [1.82, 2.24) is 25.0 Å². The second-order valence-corrected chi connectivity index (χ2v) is 9.14. The van der Waals surface area contributed by atoms with Crippen molar-refractivity contribution in [2.75, 3.05) is 77.9 Å². The molecule has 0 amide bonds. The third-order valence-electron chi connectivity index (χ3n) is 7.28. The summed E-state index contributed by atoms with van der Waals surface area (Å²) in [5.41, 5.74) is 0.276. The lowest BCUT2D eigenvalue weighted by Gasteiger charge is -2.50. The van der Waals surface area contributed by atoms with Crippen molar-refractivity contribution in [3.63, 3.8) is 0 Å². The molecule has 3 saturated heterocycles. The fourth-order valence-corrected chi connectivity index (χ4v) is 5.27. The molecule has 0 bridgehead atoms. The monoisotopic (exact) mass is 541 g/mol. The number of nitrogens with one attached hydrogen (secondary N) is 1. The average Bonchev–Trinajstić information content (AvgIpc) is 2.82. The van der Waals surface area contributed by atoms with Crippen LogP contribution in [0.1, 0.15) is 32.1 Å². The molecule has 1 N–H and O–H groups in total. The van der Waals surface area contributed by atoms with E-state index in [-0.39, 0.29) is 29.5 Å². The normalized spacial score (nSPS) is 23.4. The molecular formula is C23H40IN7. The van der Waals surface area contributed by atoms with Gasteiger partial charge in [-0.25, -0.2) is 4.98 Å². The highest BCUT2D eigenvalue weighted by Crippen LogP contribution is 2.31. The minimum absolute atomic E-state index is 0. The molecule has 4 rings (SSSR count). The zero-order valence-electron chi connectivity index (χ0n) is 19.3. The average molecular weight is 542 g/mol. The second-order valence-electron chi connectivity index (χ2n) is 9.14. The number of nitrogens with zero attached hydrogens (tertiary/aromatic N) is 6. The van der Waals surface area contributed by atoms with Crippen LogP contribution in [0.4, 0.5) is 5.82 Å². The molecule has 3 fully saturated rings. The van der Waals surface area contributed by atoms with Gasteiger partial charge in [-0.15, -0.1) is 24.0 Å². The van der Waals surface area contributed by atoms with Gasteiger partial charge >= 0.3 is 0 Å². The van der Waals surface area contributed by atoms with Crippen LogP contribution in [0.15, 0.2) is 29.4 Å². The molecule has 1 aromatic rings. The Kier molecular flexibility index (Phi) is 9.21. The smallest absolute Gasteiger partial charge is 0.193 e. The summed E-state index contributed by atoms with van der Waals surface area (Å²) >= 11 is 0. The number of rotatable bonds is 4. The summed E-state index contributed by atoms with van der Waals surface area (Å²) in [6, 6.07) is 6.15. The van der Waals surface area contributed by atoms with Crippen molar-refractivity contribution in [3.05, 3.63) is 24.4 Å². The molecule has 0 unspecified atom stereocenters. The molecule has 0 aliphatic carbocycles. The lowest BCUT2D eigenvalue weighted by molar-refractivity contribution is 0.0169. The number of pyridine rings is 1. The van der Waals surface area contributed by atoms with Crippen molar-refractivity contribution < 1.29 is 0 Å². The van der Waals surface area contributed by atoms with Gasteiger partial charge in [-0.3, -0.25) is 9.89 Å². The highest BCUT2D eigenvalue weighted by Gasteiger charge is 2.40. The Balaban J connectivity index is 0.00000272. The van der Waals surface area contributed by atoms with E-state index in [2.05, 4.69) is 54.1 Å². The molecule has 0 saturated carbocycles. The largest absolute Gasteiger partial charge is 0.354 e. The van der Waals surface area contributed by atoms with Gasteiger partial charge in [0.15, 0.2) is 5.96 Å². The van der Waals surface area contributed by atoms with Crippen molar-refractivity contribution in [2.45, 2.75) is 37.6 Å². The Hall–Kier alpha value is -1.13. The SMILES string of the molecule is CN=C(NCC1(N2CCCCC2)CCN(C)CC1)N1CCN(c2ccccn2)CC1.I. The molecule has 1 aromatic heterocycles. The summed E-state index contributed by atoms with van der Waals surface area (Å²) in [6.07, 6.45) is 8.47. The van der Waals surface area contributed by atoms with Gasteiger partial charge in [0.25, 0.3) is 0 Å². The van der Waals surface area contributed by atoms with Crippen LogP contribution in [-0.4, -0.2) is 104 Å². The number of hydrogen-bond donors (Lipinski definition) is 1. The van der Waals surface area contributed by atoms with Crippen LogP contribution >= 0.6 is 24.0 Å². The number of aliphatic imine (C=N–C) groups is 1. The fourth-order valence-electron chi connectivity index (χ4n) is 5.27. The van der Waals surface area contributed by atoms with E-state index in [1.54, 1.807) is 0 Å². The number of halogens is 1. The predicted molar refractivity (Wildman–Crippen MR) is 140 cm³/mol. The Bertz CT molecular complexity index is 676. The van der Waals surface area contributed by atoms with E-state index < -0.39 is 0 Å². The first-order chi connectivity index (χ1) is 14.7.